The van der Waals surface area contributed by atoms with Gasteiger partial charge in [-0.2, -0.15) is 0 Å². The lowest BCUT2D eigenvalue weighted by molar-refractivity contribution is 0.102. The first-order valence-electron chi connectivity index (χ1n) is 12.9. The van der Waals surface area contributed by atoms with Crippen LogP contribution in [0.4, 0.5) is 11.9 Å². The number of anilines is 2. The van der Waals surface area contributed by atoms with E-state index in [1.807, 2.05) is 19.1 Å². The predicted molar refractivity (Wildman–Crippen MR) is 148 cm³/mol. The molecule has 4 aromatic rings. The average Bonchev–Trinajstić information content (AvgIpc) is 2.94. The van der Waals surface area contributed by atoms with Crippen LogP contribution in [0.15, 0.2) is 35.1 Å². The zero-order chi connectivity index (χ0) is 27.4. The van der Waals surface area contributed by atoms with Crippen LogP contribution in [0.3, 0.4) is 0 Å². The van der Waals surface area contributed by atoms with Crippen molar-refractivity contribution in [2.24, 2.45) is 0 Å². The minimum Gasteiger partial charge on any atom is -0.493 e. The van der Waals surface area contributed by atoms with Crippen molar-refractivity contribution in [2.75, 3.05) is 72.0 Å². The molecule has 12 heteroatoms. The minimum absolute atomic E-state index is 0.194. The van der Waals surface area contributed by atoms with Gasteiger partial charge in [0.2, 0.25) is 11.9 Å². The molecule has 12 nitrogen and oxygen atoms in total. The first-order valence-corrected chi connectivity index (χ1v) is 12.9. The molecule has 3 N–H and O–H groups in total. The molecule has 1 aliphatic rings. The van der Waals surface area contributed by atoms with E-state index in [0.29, 0.717) is 46.2 Å². The van der Waals surface area contributed by atoms with Crippen molar-refractivity contribution in [3.63, 3.8) is 0 Å². The highest BCUT2D eigenvalue weighted by Crippen LogP contribution is 2.33. The Morgan fingerprint density at radius 2 is 1.64 bits per heavy atom. The summed E-state index contributed by atoms with van der Waals surface area (Å²) in [6, 6.07) is 8.91. The predicted octanol–water partition coefficient (Wildman–Crippen LogP) is 1.92. The summed E-state index contributed by atoms with van der Waals surface area (Å²) >= 11 is 0. The molecule has 0 amide bonds. The van der Waals surface area contributed by atoms with Crippen LogP contribution in [0.1, 0.15) is 5.69 Å². The lowest BCUT2D eigenvalue weighted by Crippen LogP contribution is -2.48. The SMILES string of the molecule is COc1cc2nc(Nc3nc4ccc(OCCN5CCN(CCO)CC5)cc4c(=O)[nH]3)nc(C)c2cc1OC. The van der Waals surface area contributed by atoms with Gasteiger partial charge in [0, 0.05) is 50.7 Å². The number of fused-ring (bicyclic) bond motifs is 2. The zero-order valence-electron chi connectivity index (χ0n) is 22.4. The number of benzene rings is 2. The average molecular weight is 536 g/mol. The van der Waals surface area contributed by atoms with E-state index in [9.17, 15) is 4.79 Å². The van der Waals surface area contributed by atoms with Gasteiger partial charge < -0.3 is 19.3 Å². The number of β-amino-alcohol motifs (C(OH)–C–C–N with tert-alkyl or cyclic N) is 1. The number of aryl methyl sites for hydroxylation is 1. The molecule has 0 bridgehead atoms. The smallest absolute Gasteiger partial charge is 0.260 e. The number of rotatable bonds is 10. The van der Waals surface area contributed by atoms with E-state index < -0.39 is 0 Å². The van der Waals surface area contributed by atoms with E-state index >= 15 is 0 Å². The largest absolute Gasteiger partial charge is 0.493 e. The summed E-state index contributed by atoms with van der Waals surface area (Å²) < 4.78 is 16.7. The number of nitrogens with one attached hydrogen (secondary N) is 2. The third-order valence-electron chi connectivity index (χ3n) is 6.86. The molecule has 3 heterocycles. The van der Waals surface area contributed by atoms with Gasteiger partial charge in [-0.25, -0.2) is 15.0 Å². The highest BCUT2D eigenvalue weighted by Gasteiger charge is 2.16. The number of methoxy groups -OCH3 is 2. The molecule has 39 heavy (non-hydrogen) atoms. The van der Waals surface area contributed by atoms with Crippen LogP contribution < -0.4 is 25.1 Å². The van der Waals surface area contributed by atoms with Crippen LogP contribution in [0.2, 0.25) is 0 Å². The van der Waals surface area contributed by atoms with Crippen molar-refractivity contribution < 1.29 is 19.3 Å². The summed E-state index contributed by atoms with van der Waals surface area (Å²) in [4.78, 5) is 33.9. The van der Waals surface area contributed by atoms with Crippen molar-refractivity contribution in [1.29, 1.82) is 0 Å². The number of ether oxygens (including phenoxy) is 3. The quantitative estimate of drug-likeness (QED) is 0.275. The Hall–Kier alpha value is -4.00. The van der Waals surface area contributed by atoms with E-state index in [0.717, 1.165) is 50.3 Å². The Bertz CT molecular complexity index is 1520. The Morgan fingerprint density at radius 3 is 2.36 bits per heavy atom. The maximum Gasteiger partial charge on any atom is 0.260 e. The number of H-pyrrole nitrogens is 1. The van der Waals surface area contributed by atoms with E-state index in [1.54, 1.807) is 32.4 Å². The molecule has 0 aliphatic carbocycles. The third-order valence-corrected chi connectivity index (χ3v) is 6.86. The maximum absolute atomic E-state index is 12.9. The van der Waals surface area contributed by atoms with Gasteiger partial charge in [0.05, 0.1) is 42.9 Å². The first-order chi connectivity index (χ1) is 19.0. The number of piperazine rings is 1. The summed E-state index contributed by atoms with van der Waals surface area (Å²) in [7, 11) is 3.15. The van der Waals surface area contributed by atoms with Crippen molar-refractivity contribution in [1.82, 2.24) is 29.7 Å². The monoisotopic (exact) mass is 535 g/mol. The van der Waals surface area contributed by atoms with Gasteiger partial charge in [-0.1, -0.05) is 0 Å². The standard InChI is InChI=1S/C27H33N7O5/c1-17-19-15-23(37-2)24(38-3)16-22(19)30-26(28-17)32-27-29-21-5-4-18(14-20(21)25(36)31-27)39-13-11-34-8-6-33(7-9-34)10-12-35/h4-5,14-16,35H,6-13H2,1-3H3,(H2,28,29,30,31,32,36). The summed E-state index contributed by atoms with van der Waals surface area (Å²) in [6.07, 6.45) is 0. The second-order valence-electron chi connectivity index (χ2n) is 9.33. The molecular weight excluding hydrogens is 502 g/mol. The van der Waals surface area contributed by atoms with Crippen LogP contribution in [-0.4, -0.2) is 102 Å². The topological polar surface area (TPSA) is 138 Å². The van der Waals surface area contributed by atoms with E-state index in [-0.39, 0.29) is 18.1 Å². The van der Waals surface area contributed by atoms with Crippen molar-refractivity contribution in [3.8, 4) is 17.2 Å². The fraction of sp³-hybridized carbons (Fsp3) is 0.407. The van der Waals surface area contributed by atoms with Crippen LogP contribution >= 0.6 is 0 Å². The fourth-order valence-electron chi connectivity index (χ4n) is 4.71. The molecule has 0 spiro atoms. The molecule has 1 aliphatic heterocycles. The number of aromatic amines is 1. The minimum atomic E-state index is -0.295. The molecule has 0 atom stereocenters. The van der Waals surface area contributed by atoms with Gasteiger partial charge >= 0.3 is 0 Å². The van der Waals surface area contributed by atoms with E-state index in [1.165, 1.54) is 0 Å². The summed E-state index contributed by atoms with van der Waals surface area (Å²) in [5.74, 6) is 2.31. The number of aliphatic hydroxyl groups is 1. The highest BCUT2D eigenvalue weighted by atomic mass is 16.5. The van der Waals surface area contributed by atoms with Crippen LogP contribution in [-0.2, 0) is 0 Å². The van der Waals surface area contributed by atoms with Gasteiger partial charge in [0.1, 0.15) is 12.4 Å². The van der Waals surface area contributed by atoms with Gasteiger partial charge in [0.15, 0.2) is 11.5 Å². The molecule has 0 saturated carbocycles. The Morgan fingerprint density at radius 1 is 0.923 bits per heavy atom. The normalized spacial score (nSPS) is 14.6. The Balaban J connectivity index is 1.27. The van der Waals surface area contributed by atoms with Crippen molar-refractivity contribution >= 4 is 33.7 Å². The summed E-state index contributed by atoms with van der Waals surface area (Å²) in [5.41, 5.74) is 1.63. The Labute approximate surface area is 225 Å². The molecule has 0 radical (unpaired) electrons. The van der Waals surface area contributed by atoms with Gasteiger partial charge in [-0.3, -0.25) is 24.9 Å². The lowest BCUT2D eigenvalue weighted by atomic mass is 10.1. The maximum atomic E-state index is 12.9. The molecule has 2 aromatic carbocycles. The zero-order valence-corrected chi connectivity index (χ0v) is 22.4. The lowest BCUT2D eigenvalue weighted by Gasteiger charge is -2.34. The molecular formula is C27H33N7O5. The molecule has 1 fully saturated rings. The Kier molecular flexibility index (Phi) is 8.05. The van der Waals surface area contributed by atoms with Gasteiger partial charge in [-0.15, -0.1) is 0 Å². The van der Waals surface area contributed by atoms with Crippen molar-refractivity contribution in [3.05, 3.63) is 46.4 Å². The second kappa shape index (κ2) is 11.8. The first kappa shape index (κ1) is 26.6. The second-order valence-corrected chi connectivity index (χ2v) is 9.33. The van der Waals surface area contributed by atoms with E-state index in [2.05, 4.69) is 35.1 Å². The fourth-order valence-corrected chi connectivity index (χ4v) is 4.71. The molecule has 5 rings (SSSR count). The molecule has 0 unspecified atom stereocenters. The van der Waals surface area contributed by atoms with Gasteiger partial charge in [0.25, 0.3) is 5.56 Å². The van der Waals surface area contributed by atoms with E-state index in [4.69, 9.17) is 19.3 Å². The van der Waals surface area contributed by atoms with Crippen LogP contribution in [0, 0.1) is 6.92 Å². The number of aromatic nitrogens is 4. The molecule has 2 aromatic heterocycles. The highest BCUT2D eigenvalue weighted by molar-refractivity contribution is 5.86. The van der Waals surface area contributed by atoms with Crippen LogP contribution in [0.5, 0.6) is 17.2 Å². The summed E-state index contributed by atoms with van der Waals surface area (Å²) in [5, 5.41) is 13.4. The summed E-state index contributed by atoms with van der Waals surface area (Å²) in [6.45, 7) is 7.89. The number of hydrogen-bond donors (Lipinski definition) is 3. The third kappa shape index (κ3) is 6.03. The number of nitrogens with zero attached hydrogens (tertiary/aromatic N) is 5. The molecule has 1 saturated heterocycles. The number of hydrogen-bond acceptors (Lipinski definition) is 11. The number of aliphatic hydroxyl groups excluding tert-OH is 1. The van der Waals surface area contributed by atoms with Gasteiger partial charge in [-0.05, 0) is 31.2 Å². The molecule has 206 valence electrons. The van der Waals surface area contributed by atoms with Crippen LogP contribution in [0.25, 0.3) is 21.8 Å². The van der Waals surface area contributed by atoms with Crippen molar-refractivity contribution in [2.45, 2.75) is 6.92 Å².